The molecule has 1 N–H and O–H groups in total. The smallest absolute Gasteiger partial charge is 0.264 e. The third-order valence-corrected chi connectivity index (χ3v) is 6.22. The lowest BCUT2D eigenvalue weighted by molar-refractivity contribution is -0.120. The first-order chi connectivity index (χ1) is 8.97. The second-order valence-corrected chi connectivity index (χ2v) is 7.75. The molecule has 1 unspecified atom stereocenters. The van der Waals surface area contributed by atoms with Crippen LogP contribution in [0.3, 0.4) is 0 Å². The van der Waals surface area contributed by atoms with Crippen LogP contribution in [0.5, 0.6) is 0 Å². The molecule has 0 aliphatic carbocycles. The summed E-state index contributed by atoms with van der Waals surface area (Å²) in [6.45, 7) is 2.85. The second kappa shape index (κ2) is 6.37. The van der Waals surface area contributed by atoms with Crippen molar-refractivity contribution in [1.29, 1.82) is 0 Å². The van der Waals surface area contributed by atoms with Gasteiger partial charge in [0.2, 0.25) is 5.91 Å². The largest absolute Gasteiger partial charge is 0.352 e. The number of carbonyl (C=O) groups is 2. The zero-order chi connectivity index (χ0) is 14.0. The van der Waals surface area contributed by atoms with E-state index in [4.69, 9.17) is 0 Å². The van der Waals surface area contributed by atoms with Gasteiger partial charge < -0.3 is 10.2 Å². The van der Waals surface area contributed by atoms with Crippen molar-refractivity contribution in [3.8, 4) is 0 Å². The van der Waals surface area contributed by atoms with Crippen LogP contribution in [0.4, 0.5) is 0 Å². The van der Waals surface area contributed by atoms with Gasteiger partial charge in [0.05, 0.1) is 8.66 Å². The molecule has 7 heteroatoms. The minimum absolute atomic E-state index is 0.0338. The Hall–Kier alpha value is -0.400. The number of halogens is 2. The molecule has 1 aliphatic rings. The van der Waals surface area contributed by atoms with Gasteiger partial charge in [-0.3, -0.25) is 9.59 Å². The molecule has 1 saturated heterocycles. The summed E-state index contributed by atoms with van der Waals surface area (Å²) in [6, 6.07) is 1.90. The number of likely N-dealkylation sites (tertiary alicyclic amines) is 1. The van der Waals surface area contributed by atoms with E-state index >= 15 is 0 Å². The maximum absolute atomic E-state index is 12.4. The molecule has 0 aromatic carbocycles. The Labute approximate surface area is 132 Å². The summed E-state index contributed by atoms with van der Waals surface area (Å²) in [7, 11) is 0. The number of carbonyl (C=O) groups excluding carboxylic acids is 2. The maximum Gasteiger partial charge on any atom is 0.264 e. The predicted octanol–water partition coefficient (Wildman–Crippen LogP) is 3.01. The van der Waals surface area contributed by atoms with Crippen LogP contribution in [0.1, 0.15) is 29.4 Å². The quantitative estimate of drug-likeness (QED) is 0.816. The van der Waals surface area contributed by atoms with Gasteiger partial charge in [-0.1, -0.05) is 0 Å². The lowest BCUT2D eigenvalue weighted by atomic mass is 10.1. The summed E-state index contributed by atoms with van der Waals surface area (Å²) >= 11 is 8.21. The fourth-order valence-electron chi connectivity index (χ4n) is 2.17. The fourth-order valence-corrected chi connectivity index (χ4v) is 4.18. The van der Waals surface area contributed by atoms with Gasteiger partial charge in [0, 0.05) is 30.5 Å². The van der Waals surface area contributed by atoms with Crippen LogP contribution in [0, 0.1) is 0 Å². The molecule has 0 bridgehead atoms. The van der Waals surface area contributed by atoms with Crippen LogP contribution >= 0.6 is 43.2 Å². The lowest BCUT2D eigenvalue weighted by Crippen LogP contribution is -2.49. The fraction of sp³-hybridized carbons (Fsp3) is 0.500. The molecule has 1 aliphatic heterocycles. The number of amides is 2. The summed E-state index contributed by atoms with van der Waals surface area (Å²) < 4.78 is 1.82. The van der Waals surface area contributed by atoms with Crippen LogP contribution in [0.15, 0.2) is 14.3 Å². The number of hydrogen-bond donors (Lipinski definition) is 1. The number of hydrogen-bond acceptors (Lipinski definition) is 3. The molecule has 1 aromatic rings. The van der Waals surface area contributed by atoms with Crippen molar-refractivity contribution < 1.29 is 9.59 Å². The standard InChI is InChI=1S/C12H14Br2N2O2S/c1-7(17)15-8-3-2-4-16(6-8)12(18)10-5-9(13)11(14)19-10/h5,8H,2-4,6H2,1H3,(H,15,17). The van der Waals surface area contributed by atoms with E-state index in [0.717, 1.165) is 27.6 Å². The van der Waals surface area contributed by atoms with Crippen molar-refractivity contribution in [2.75, 3.05) is 13.1 Å². The molecule has 4 nitrogen and oxygen atoms in total. The summed E-state index contributed by atoms with van der Waals surface area (Å²) in [5.74, 6) is -0.00707. The van der Waals surface area contributed by atoms with Gasteiger partial charge >= 0.3 is 0 Å². The average Bonchev–Trinajstić information content (AvgIpc) is 2.68. The molecule has 2 heterocycles. The van der Waals surface area contributed by atoms with Crippen molar-refractivity contribution in [2.24, 2.45) is 0 Å². The normalized spacial score (nSPS) is 19.3. The molecule has 19 heavy (non-hydrogen) atoms. The summed E-state index contributed by atoms with van der Waals surface area (Å²) in [5, 5.41) is 2.89. The molecule has 0 radical (unpaired) electrons. The Bertz CT molecular complexity index is 484. The van der Waals surface area contributed by atoms with E-state index in [9.17, 15) is 9.59 Å². The molecule has 2 rings (SSSR count). The van der Waals surface area contributed by atoms with Gasteiger partial charge in [-0.05, 0) is 50.8 Å². The molecule has 1 fully saturated rings. The van der Waals surface area contributed by atoms with Gasteiger partial charge in [-0.15, -0.1) is 11.3 Å². The number of nitrogens with one attached hydrogen (secondary N) is 1. The first kappa shape index (κ1) is 15.0. The Morgan fingerprint density at radius 1 is 1.47 bits per heavy atom. The van der Waals surface area contributed by atoms with Gasteiger partial charge in [-0.25, -0.2) is 0 Å². The van der Waals surface area contributed by atoms with E-state index in [2.05, 4.69) is 37.2 Å². The molecular formula is C12H14Br2N2O2S. The summed E-state index contributed by atoms with van der Waals surface area (Å²) in [4.78, 5) is 26.0. The van der Waals surface area contributed by atoms with Gasteiger partial charge in [0.25, 0.3) is 5.91 Å². The summed E-state index contributed by atoms with van der Waals surface area (Å²) in [5.41, 5.74) is 0. The highest BCUT2D eigenvalue weighted by atomic mass is 79.9. The van der Waals surface area contributed by atoms with Crippen molar-refractivity contribution >= 4 is 55.0 Å². The maximum atomic E-state index is 12.4. The zero-order valence-corrected chi connectivity index (χ0v) is 14.4. The van der Waals surface area contributed by atoms with Crippen molar-refractivity contribution in [1.82, 2.24) is 10.2 Å². The van der Waals surface area contributed by atoms with Crippen molar-refractivity contribution in [3.63, 3.8) is 0 Å². The molecule has 104 valence electrons. The van der Waals surface area contributed by atoms with Crippen LogP contribution in [-0.4, -0.2) is 35.8 Å². The topological polar surface area (TPSA) is 49.4 Å². The van der Waals surface area contributed by atoms with Crippen LogP contribution in [-0.2, 0) is 4.79 Å². The minimum atomic E-state index is -0.0408. The molecule has 0 saturated carbocycles. The average molecular weight is 410 g/mol. The number of nitrogens with zero attached hydrogens (tertiary/aromatic N) is 1. The first-order valence-corrected chi connectivity index (χ1v) is 8.39. The Kier molecular flexibility index (Phi) is 5.03. The third kappa shape index (κ3) is 3.79. The number of piperidine rings is 1. The Morgan fingerprint density at radius 2 is 2.21 bits per heavy atom. The van der Waals surface area contributed by atoms with E-state index in [1.54, 1.807) is 0 Å². The molecule has 0 spiro atoms. The van der Waals surface area contributed by atoms with Crippen molar-refractivity contribution in [2.45, 2.75) is 25.8 Å². The molecule has 2 amide bonds. The Balaban J connectivity index is 2.04. The minimum Gasteiger partial charge on any atom is -0.352 e. The molecular weight excluding hydrogens is 396 g/mol. The van der Waals surface area contributed by atoms with E-state index in [1.165, 1.54) is 18.3 Å². The number of rotatable bonds is 2. The molecule has 1 atom stereocenters. The van der Waals surface area contributed by atoms with Gasteiger partial charge in [-0.2, -0.15) is 0 Å². The van der Waals surface area contributed by atoms with Crippen LogP contribution in [0.25, 0.3) is 0 Å². The highest BCUT2D eigenvalue weighted by Crippen LogP contribution is 2.33. The third-order valence-electron chi connectivity index (χ3n) is 2.97. The zero-order valence-electron chi connectivity index (χ0n) is 10.4. The highest BCUT2D eigenvalue weighted by Gasteiger charge is 2.26. The predicted molar refractivity (Wildman–Crippen MR) is 82.5 cm³/mol. The van der Waals surface area contributed by atoms with E-state index in [-0.39, 0.29) is 17.9 Å². The van der Waals surface area contributed by atoms with Crippen LogP contribution in [0.2, 0.25) is 0 Å². The Morgan fingerprint density at radius 3 is 2.79 bits per heavy atom. The monoisotopic (exact) mass is 408 g/mol. The van der Waals surface area contributed by atoms with E-state index in [0.29, 0.717) is 11.4 Å². The van der Waals surface area contributed by atoms with Crippen molar-refractivity contribution in [3.05, 3.63) is 19.2 Å². The summed E-state index contributed by atoms with van der Waals surface area (Å²) in [6.07, 6.45) is 1.85. The van der Waals surface area contributed by atoms with Crippen LogP contribution < -0.4 is 5.32 Å². The van der Waals surface area contributed by atoms with Gasteiger partial charge in [0.15, 0.2) is 0 Å². The highest BCUT2D eigenvalue weighted by molar-refractivity contribution is 9.13. The molecule has 1 aromatic heterocycles. The lowest BCUT2D eigenvalue weighted by Gasteiger charge is -2.32. The van der Waals surface area contributed by atoms with E-state index < -0.39 is 0 Å². The van der Waals surface area contributed by atoms with E-state index in [1.807, 2.05) is 11.0 Å². The first-order valence-electron chi connectivity index (χ1n) is 5.98. The SMILES string of the molecule is CC(=O)NC1CCCN(C(=O)c2cc(Br)c(Br)s2)C1. The number of thiophene rings is 1. The second-order valence-electron chi connectivity index (χ2n) is 4.52. The van der Waals surface area contributed by atoms with Gasteiger partial charge in [0.1, 0.15) is 0 Å².